The zero-order valence-corrected chi connectivity index (χ0v) is 21.8. The average Bonchev–Trinajstić information content (AvgIpc) is 3.15. The molecule has 1 heterocycles. The summed E-state index contributed by atoms with van der Waals surface area (Å²) >= 11 is 11.1. The van der Waals surface area contributed by atoms with E-state index in [9.17, 15) is 4.79 Å². The standard InChI is InChI=1S/C26H22BrClN2O3S/c1-3-32-22-13-18(12-19(27)24(22)33-15-17-8-5-4-6-9-17)14-23-25(31)30-26(34-23)29-21-11-7-10-20(28)16(21)2/h4-14H,3,15H2,1-2H3,(H,29,30,31)/b23-14+. The molecule has 3 aromatic carbocycles. The van der Waals surface area contributed by atoms with Crippen LogP contribution in [0.1, 0.15) is 23.6 Å². The van der Waals surface area contributed by atoms with Gasteiger partial charge in [0.25, 0.3) is 5.91 Å². The van der Waals surface area contributed by atoms with Gasteiger partial charge in [-0.2, -0.15) is 0 Å². The number of hydrogen-bond donors (Lipinski definition) is 1. The normalized spacial score (nSPS) is 15.6. The Hall–Kier alpha value is -2.74. The number of hydrogen-bond acceptors (Lipinski definition) is 5. The van der Waals surface area contributed by atoms with Crippen molar-refractivity contribution >= 4 is 62.1 Å². The van der Waals surface area contributed by atoms with Crippen LogP contribution in [0.4, 0.5) is 5.69 Å². The van der Waals surface area contributed by atoms with Crippen LogP contribution in [0.15, 0.2) is 75.0 Å². The molecule has 0 spiro atoms. The van der Waals surface area contributed by atoms with Gasteiger partial charge in [-0.1, -0.05) is 48.0 Å². The summed E-state index contributed by atoms with van der Waals surface area (Å²) < 4.78 is 12.6. The molecule has 1 aliphatic rings. The van der Waals surface area contributed by atoms with Crippen molar-refractivity contribution in [1.29, 1.82) is 0 Å². The summed E-state index contributed by atoms with van der Waals surface area (Å²) in [5, 5.41) is 3.96. The van der Waals surface area contributed by atoms with Crippen LogP contribution in [0.2, 0.25) is 5.02 Å². The van der Waals surface area contributed by atoms with E-state index in [0.29, 0.717) is 39.8 Å². The molecule has 34 heavy (non-hydrogen) atoms. The quantitative estimate of drug-likeness (QED) is 0.310. The lowest BCUT2D eigenvalue weighted by Gasteiger charge is -2.15. The molecule has 4 rings (SSSR count). The molecular formula is C26H22BrClN2O3S. The van der Waals surface area contributed by atoms with Crippen LogP contribution in [0.25, 0.3) is 6.08 Å². The number of carbonyl (C=O) groups is 1. The predicted octanol–water partition coefficient (Wildman–Crippen LogP) is 7.28. The second kappa shape index (κ2) is 11.1. The first-order chi connectivity index (χ1) is 16.4. The van der Waals surface area contributed by atoms with E-state index >= 15 is 0 Å². The van der Waals surface area contributed by atoms with Gasteiger partial charge in [0.05, 0.1) is 21.7 Å². The van der Waals surface area contributed by atoms with Crippen molar-refractivity contribution in [2.45, 2.75) is 20.5 Å². The van der Waals surface area contributed by atoms with E-state index in [0.717, 1.165) is 26.9 Å². The molecule has 3 aromatic rings. The Morgan fingerprint density at radius 2 is 1.91 bits per heavy atom. The molecule has 0 unspecified atom stereocenters. The molecule has 0 radical (unpaired) electrons. The first-order valence-corrected chi connectivity index (χ1v) is 12.6. The van der Waals surface area contributed by atoms with Crippen molar-refractivity contribution in [3.8, 4) is 11.5 Å². The number of aliphatic imine (C=N–C) groups is 1. The fourth-order valence-corrected chi connectivity index (χ4v) is 4.84. The first-order valence-electron chi connectivity index (χ1n) is 10.6. The summed E-state index contributed by atoms with van der Waals surface area (Å²) in [4.78, 5) is 17.7. The van der Waals surface area contributed by atoms with Crippen molar-refractivity contribution < 1.29 is 14.3 Å². The topological polar surface area (TPSA) is 59.9 Å². The zero-order valence-electron chi connectivity index (χ0n) is 18.6. The summed E-state index contributed by atoms with van der Waals surface area (Å²) in [6.45, 7) is 4.72. The number of amides is 1. The lowest BCUT2D eigenvalue weighted by molar-refractivity contribution is -0.115. The molecule has 0 atom stereocenters. The summed E-state index contributed by atoms with van der Waals surface area (Å²) in [6.07, 6.45) is 1.81. The summed E-state index contributed by atoms with van der Waals surface area (Å²) in [7, 11) is 0. The first kappa shape index (κ1) is 24.4. The van der Waals surface area contributed by atoms with E-state index in [1.807, 2.05) is 80.6 Å². The fraction of sp³-hybridized carbons (Fsp3) is 0.154. The minimum atomic E-state index is -0.207. The third kappa shape index (κ3) is 5.84. The molecule has 1 N–H and O–H groups in total. The smallest absolute Gasteiger partial charge is 0.264 e. The highest BCUT2D eigenvalue weighted by Crippen LogP contribution is 2.39. The maximum Gasteiger partial charge on any atom is 0.264 e. The van der Waals surface area contributed by atoms with E-state index < -0.39 is 0 Å². The van der Waals surface area contributed by atoms with Crippen LogP contribution in [0, 0.1) is 6.92 Å². The molecule has 0 bridgehead atoms. The number of nitrogens with zero attached hydrogens (tertiary/aromatic N) is 1. The Bertz CT molecular complexity index is 1280. The Morgan fingerprint density at radius 1 is 1.12 bits per heavy atom. The van der Waals surface area contributed by atoms with Gasteiger partial charge >= 0.3 is 0 Å². The maximum absolute atomic E-state index is 12.6. The molecule has 1 fully saturated rings. The SMILES string of the molecule is CCOc1cc(/C=C2/SC(=Nc3cccc(Cl)c3C)NC2=O)cc(Br)c1OCc1ccccc1. The number of halogens is 2. The fourth-order valence-electron chi connectivity index (χ4n) is 3.26. The van der Waals surface area contributed by atoms with E-state index in [2.05, 4.69) is 26.2 Å². The number of benzene rings is 3. The maximum atomic E-state index is 12.6. The Balaban J connectivity index is 1.57. The molecule has 1 aliphatic heterocycles. The number of amidine groups is 1. The second-order valence-electron chi connectivity index (χ2n) is 7.40. The van der Waals surface area contributed by atoms with Gasteiger partial charge in [-0.15, -0.1) is 0 Å². The van der Waals surface area contributed by atoms with E-state index in [-0.39, 0.29) is 5.91 Å². The second-order valence-corrected chi connectivity index (χ2v) is 9.70. The predicted molar refractivity (Wildman–Crippen MR) is 143 cm³/mol. The van der Waals surface area contributed by atoms with Gasteiger partial charge in [0.15, 0.2) is 16.7 Å². The summed E-state index contributed by atoms with van der Waals surface area (Å²) in [6, 6.07) is 19.2. The van der Waals surface area contributed by atoms with Gasteiger partial charge in [0.2, 0.25) is 0 Å². The molecular weight excluding hydrogens is 536 g/mol. The van der Waals surface area contributed by atoms with Crippen molar-refractivity contribution in [3.63, 3.8) is 0 Å². The Labute approximate surface area is 216 Å². The number of nitrogens with one attached hydrogen (secondary N) is 1. The molecule has 8 heteroatoms. The van der Waals surface area contributed by atoms with E-state index in [4.69, 9.17) is 21.1 Å². The highest BCUT2D eigenvalue weighted by Gasteiger charge is 2.24. The minimum absolute atomic E-state index is 0.207. The minimum Gasteiger partial charge on any atom is -0.490 e. The molecule has 1 amide bonds. The Kier molecular flexibility index (Phi) is 7.98. The van der Waals surface area contributed by atoms with Crippen molar-refractivity contribution in [1.82, 2.24) is 5.32 Å². The molecule has 5 nitrogen and oxygen atoms in total. The van der Waals surface area contributed by atoms with Gasteiger partial charge in [-0.05, 0) is 88.6 Å². The Morgan fingerprint density at radius 3 is 2.68 bits per heavy atom. The van der Waals surface area contributed by atoms with Crippen LogP contribution in [0.3, 0.4) is 0 Å². The number of carbonyl (C=O) groups excluding carboxylic acids is 1. The van der Waals surface area contributed by atoms with Crippen LogP contribution in [0.5, 0.6) is 11.5 Å². The van der Waals surface area contributed by atoms with E-state index in [1.54, 1.807) is 0 Å². The van der Waals surface area contributed by atoms with E-state index in [1.165, 1.54) is 11.8 Å². The van der Waals surface area contributed by atoms with Gasteiger partial charge in [0, 0.05) is 5.02 Å². The summed E-state index contributed by atoms with van der Waals surface area (Å²) in [5.41, 5.74) is 3.45. The third-order valence-electron chi connectivity index (χ3n) is 4.97. The number of ether oxygens (including phenoxy) is 2. The molecule has 1 saturated heterocycles. The van der Waals surface area contributed by atoms with Gasteiger partial charge in [-0.3, -0.25) is 4.79 Å². The number of thioether (sulfide) groups is 1. The third-order valence-corrected chi connectivity index (χ3v) is 6.88. The highest BCUT2D eigenvalue weighted by atomic mass is 79.9. The van der Waals surface area contributed by atoms with Crippen molar-refractivity contribution in [2.75, 3.05) is 6.61 Å². The van der Waals surface area contributed by atoms with Gasteiger partial charge < -0.3 is 14.8 Å². The zero-order chi connectivity index (χ0) is 24.1. The molecule has 0 aromatic heterocycles. The monoisotopic (exact) mass is 556 g/mol. The van der Waals surface area contributed by atoms with Crippen LogP contribution in [-0.4, -0.2) is 17.7 Å². The van der Waals surface area contributed by atoms with Crippen LogP contribution < -0.4 is 14.8 Å². The lowest BCUT2D eigenvalue weighted by atomic mass is 10.1. The van der Waals surface area contributed by atoms with Crippen LogP contribution >= 0.6 is 39.3 Å². The number of rotatable bonds is 7. The van der Waals surface area contributed by atoms with Crippen LogP contribution in [-0.2, 0) is 11.4 Å². The largest absolute Gasteiger partial charge is 0.490 e. The van der Waals surface area contributed by atoms with Gasteiger partial charge in [-0.25, -0.2) is 4.99 Å². The van der Waals surface area contributed by atoms with Crippen molar-refractivity contribution in [2.24, 2.45) is 4.99 Å². The highest BCUT2D eigenvalue weighted by molar-refractivity contribution is 9.10. The molecule has 0 saturated carbocycles. The lowest BCUT2D eigenvalue weighted by Crippen LogP contribution is -2.19. The molecule has 174 valence electrons. The van der Waals surface area contributed by atoms with Gasteiger partial charge in [0.1, 0.15) is 6.61 Å². The summed E-state index contributed by atoms with van der Waals surface area (Å²) in [5.74, 6) is 1.02. The molecule has 0 aliphatic carbocycles. The average molecular weight is 558 g/mol. The van der Waals surface area contributed by atoms with Crippen molar-refractivity contribution in [3.05, 3.63) is 91.8 Å².